The molecule has 1 aromatic heterocycles. The Morgan fingerprint density at radius 1 is 0.933 bits per heavy atom. The molecule has 1 heterocycles. The number of pyridine rings is 1. The molecule has 1 unspecified atom stereocenters. The second kappa shape index (κ2) is 10.8. The monoisotopic (exact) mass is 529 g/mol. The third kappa shape index (κ3) is 6.44. The number of rotatable bonds is 9. The second-order valence-electron chi connectivity index (χ2n) is 7.32. The maximum absolute atomic E-state index is 5.87. The molecule has 1 atom stereocenters. The topological polar surface area (TPSA) is 31.4 Å². The van der Waals surface area contributed by atoms with Crippen LogP contribution in [-0.2, 0) is 11.8 Å². The van der Waals surface area contributed by atoms with E-state index in [0.717, 1.165) is 39.8 Å². The van der Waals surface area contributed by atoms with Gasteiger partial charge >= 0.3 is 0 Å². The van der Waals surface area contributed by atoms with Gasteiger partial charge in [-0.3, -0.25) is 0 Å². The van der Waals surface area contributed by atoms with E-state index in [2.05, 4.69) is 68.0 Å². The van der Waals surface area contributed by atoms with Gasteiger partial charge in [0, 0.05) is 17.2 Å². The quantitative estimate of drug-likeness (QED) is 0.283. The van der Waals surface area contributed by atoms with Crippen LogP contribution < -0.4 is 9.47 Å². The molecule has 0 fully saturated rings. The van der Waals surface area contributed by atoms with E-state index in [1.54, 1.807) is 7.11 Å². The average molecular weight is 531 g/mol. The molecule has 3 nitrogen and oxygen atoms in total. The summed E-state index contributed by atoms with van der Waals surface area (Å²) >= 11 is 7.08. The van der Waals surface area contributed by atoms with Crippen LogP contribution in [0.5, 0.6) is 17.4 Å². The predicted molar refractivity (Wildman–Crippen MR) is 130 cm³/mol. The lowest BCUT2D eigenvalue weighted by atomic mass is 9.78. The lowest BCUT2D eigenvalue weighted by Gasteiger charge is -2.27. The molecule has 30 heavy (non-hydrogen) atoms. The van der Waals surface area contributed by atoms with Crippen molar-refractivity contribution in [3.05, 3.63) is 93.5 Å². The highest BCUT2D eigenvalue weighted by molar-refractivity contribution is 9.28. The molecule has 156 valence electrons. The van der Waals surface area contributed by atoms with Crippen molar-refractivity contribution in [2.45, 2.75) is 31.6 Å². The van der Waals surface area contributed by atoms with Crippen LogP contribution in [0.1, 0.15) is 31.0 Å². The summed E-state index contributed by atoms with van der Waals surface area (Å²) in [4.78, 5) is 4.67. The Kier molecular flexibility index (Phi) is 8.11. The number of hydrogen-bond acceptors (Lipinski definition) is 3. The SMILES string of the molecule is COc1ccc(C(C)(C=C(Br)Br)CCCc2cccc(Oc3ccccc3)n2)cc1. The van der Waals surface area contributed by atoms with Crippen molar-refractivity contribution < 1.29 is 9.47 Å². The Bertz CT molecular complexity index is 970. The summed E-state index contributed by atoms with van der Waals surface area (Å²) in [5, 5.41) is 0. The predicted octanol–water partition coefficient (Wildman–Crippen LogP) is 7.79. The molecule has 2 aromatic carbocycles. The lowest BCUT2D eigenvalue weighted by Crippen LogP contribution is -2.19. The molecule has 0 bridgehead atoms. The molecule has 5 heteroatoms. The van der Waals surface area contributed by atoms with Crippen molar-refractivity contribution >= 4 is 31.9 Å². The molecule has 0 radical (unpaired) electrons. The lowest BCUT2D eigenvalue weighted by molar-refractivity contribution is 0.414. The first-order valence-corrected chi connectivity index (χ1v) is 11.4. The summed E-state index contributed by atoms with van der Waals surface area (Å²) in [5.74, 6) is 2.28. The van der Waals surface area contributed by atoms with E-state index in [1.807, 2.05) is 54.6 Å². The van der Waals surface area contributed by atoms with Gasteiger partial charge in [-0.25, -0.2) is 4.98 Å². The normalized spacial score (nSPS) is 12.7. The van der Waals surface area contributed by atoms with Crippen molar-refractivity contribution in [3.8, 4) is 17.4 Å². The molecule has 0 aliphatic heterocycles. The summed E-state index contributed by atoms with van der Waals surface area (Å²) in [6.07, 6.45) is 5.06. The molecule has 3 aromatic rings. The third-order valence-electron chi connectivity index (χ3n) is 5.05. The number of nitrogens with zero attached hydrogens (tertiary/aromatic N) is 1. The Morgan fingerprint density at radius 2 is 1.67 bits per heavy atom. The summed E-state index contributed by atoms with van der Waals surface area (Å²) < 4.78 is 12.1. The fourth-order valence-corrected chi connectivity index (χ4v) is 4.42. The number of aryl methyl sites for hydroxylation is 1. The fourth-order valence-electron chi connectivity index (χ4n) is 3.41. The molecule has 0 spiro atoms. The van der Waals surface area contributed by atoms with Gasteiger partial charge in [0.2, 0.25) is 5.88 Å². The summed E-state index contributed by atoms with van der Waals surface area (Å²) in [7, 11) is 1.69. The van der Waals surface area contributed by atoms with E-state index in [9.17, 15) is 0 Å². The zero-order chi connectivity index (χ0) is 21.4. The van der Waals surface area contributed by atoms with Gasteiger partial charge in [0.05, 0.1) is 10.5 Å². The highest BCUT2D eigenvalue weighted by Gasteiger charge is 2.24. The van der Waals surface area contributed by atoms with Crippen molar-refractivity contribution in [2.24, 2.45) is 0 Å². The van der Waals surface area contributed by atoms with Crippen LogP contribution in [0.4, 0.5) is 0 Å². The number of para-hydroxylation sites is 1. The molecular weight excluding hydrogens is 506 g/mol. The van der Waals surface area contributed by atoms with Crippen molar-refractivity contribution in [2.75, 3.05) is 7.11 Å². The smallest absolute Gasteiger partial charge is 0.219 e. The first-order valence-electron chi connectivity index (χ1n) is 9.86. The first kappa shape index (κ1) is 22.6. The van der Waals surface area contributed by atoms with Crippen LogP contribution in [0.15, 0.2) is 82.3 Å². The molecule has 0 N–H and O–H groups in total. The highest BCUT2D eigenvalue weighted by Crippen LogP contribution is 2.35. The van der Waals surface area contributed by atoms with Crippen LogP contribution in [0, 0.1) is 0 Å². The number of hydrogen-bond donors (Lipinski definition) is 0. The number of aromatic nitrogens is 1. The van der Waals surface area contributed by atoms with E-state index in [-0.39, 0.29) is 5.41 Å². The Labute approximate surface area is 195 Å². The minimum Gasteiger partial charge on any atom is -0.497 e. The molecular formula is C25H25Br2NO2. The standard InChI is InChI=1S/C25H25Br2NO2/c1-25(18-23(26)27,19-13-15-21(29-2)16-14-19)17-7-9-20-8-6-12-24(28-20)30-22-10-4-3-5-11-22/h3-6,8,10-16,18H,7,9,17H2,1-2H3. The maximum atomic E-state index is 5.87. The Balaban J connectivity index is 1.67. The van der Waals surface area contributed by atoms with Gasteiger partial charge in [-0.1, -0.05) is 49.4 Å². The molecule has 0 amide bonds. The van der Waals surface area contributed by atoms with Gasteiger partial charge in [-0.15, -0.1) is 0 Å². The minimum absolute atomic E-state index is 0.118. The number of methoxy groups -OCH3 is 1. The molecule has 0 saturated heterocycles. The van der Waals surface area contributed by atoms with Crippen LogP contribution in [0.3, 0.4) is 0 Å². The van der Waals surface area contributed by atoms with E-state index in [0.29, 0.717) is 5.88 Å². The molecule has 0 aliphatic carbocycles. The number of halogens is 2. The summed E-state index contributed by atoms with van der Waals surface area (Å²) in [5.41, 5.74) is 2.16. The zero-order valence-electron chi connectivity index (χ0n) is 17.1. The number of benzene rings is 2. The fraction of sp³-hybridized carbons (Fsp3) is 0.240. The zero-order valence-corrected chi connectivity index (χ0v) is 20.3. The summed E-state index contributed by atoms with van der Waals surface area (Å²) in [6.45, 7) is 2.25. The van der Waals surface area contributed by atoms with Gasteiger partial charge in [0.1, 0.15) is 11.5 Å². The van der Waals surface area contributed by atoms with Crippen molar-refractivity contribution in [1.82, 2.24) is 4.98 Å². The van der Waals surface area contributed by atoms with Crippen LogP contribution in [-0.4, -0.2) is 12.1 Å². The first-order chi connectivity index (χ1) is 14.5. The Hall–Kier alpha value is -2.11. The maximum Gasteiger partial charge on any atom is 0.219 e. The van der Waals surface area contributed by atoms with Gasteiger partial charge < -0.3 is 9.47 Å². The number of allylic oxidation sites excluding steroid dienone is 1. The third-order valence-corrected chi connectivity index (χ3v) is 5.51. The van der Waals surface area contributed by atoms with Gasteiger partial charge in [-0.2, -0.15) is 0 Å². The van der Waals surface area contributed by atoms with Crippen LogP contribution in [0.2, 0.25) is 0 Å². The van der Waals surface area contributed by atoms with Crippen molar-refractivity contribution in [3.63, 3.8) is 0 Å². The van der Waals surface area contributed by atoms with Gasteiger partial charge in [0.25, 0.3) is 0 Å². The Morgan fingerprint density at radius 3 is 2.33 bits per heavy atom. The highest BCUT2D eigenvalue weighted by atomic mass is 79.9. The van der Waals surface area contributed by atoms with Gasteiger partial charge in [-0.05, 0) is 87.0 Å². The number of ether oxygens (including phenoxy) is 2. The van der Waals surface area contributed by atoms with E-state index >= 15 is 0 Å². The van der Waals surface area contributed by atoms with Crippen LogP contribution in [0.25, 0.3) is 0 Å². The van der Waals surface area contributed by atoms with Crippen molar-refractivity contribution in [1.29, 1.82) is 0 Å². The average Bonchev–Trinajstić information content (AvgIpc) is 2.74. The van der Waals surface area contributed by atoms with Gasteiger partial charge in [0.15, 0.2) is 0 Å². The van der Waals surface area contributed by atoms with E-state index in [4.69, 9.17) is 9.47 Å². The molecule has 0 saturated carbocycles. The summed E-state index contributed by atoms with van der Waals surface area (Å²) in [6, 6.07) is 24.0. The van der Waals surface area contributed by atoms with E-state index < -0.39 is 0 Å². The largest absolute Gasteiger partial charge is 0.497 e. The molecule has 3 rings (SSSR count). The second-order valence-corrected chi connectivity index (χ2v) is 10.1. The van der Waals surface area contributed by atoms with E-state index in [1.165, 1.54) is 5.56 Å². The van der Waals surface area contributed by atoms with Crippen LogP contribution >= 0.6 is 31.9 Å². The minimum atomic E-state index is -0.118. The molecule has 0 aliphatic rings.